The van der Waals surface area contributed by atoms with E-state index in [1.165, 1.54) is 10.5 Å². The Labute approximate surface area is 234 Å². The van der Waals surface area contributed by atoms with Gasteiger partial charge in [-0.3, -0.25) is 14.6 Å². The SMILES string of the molecule is CCOc1ccccc1N1C(=O)C2C3c4ccccc4C(C=Nc4ccc(C)cc4C)(c4ccccc43)C2C1=O. The number of aryl methyl sites for hydroxylation is 2. The van der Waals surface area contributed by atoms with Crippen LogP contribution < -0.4 is 9.64 Å². The number of rotatable bonds is 5. The Morgan fingerprint density at radius 3 is 2.17 bits per heavy atom. The maximum absolute atomic E-state index is 14.6. The standard InChI is InChI=1S/C35H30N2O3/c1-4-40-29-16-10-9-15-28(29)37-33(38)31-30-23-11-5-7-13-25(23)35(32(31)34(37)39,26-14-8-6-12-24(26)30)20-36-27-18-17-21(2)19-22(27)3/h5-20,30-32H,4H2,1-3H3. The van der Waals surface area contributed by atoms with E-state index in [0.29, 0.717) is 18.0 Å². The van der Waals surface area contributed by atoms with Gasteiger partial charge in [0.15, 0.2) is 0 Å². The molecule has 40 heavy (non-hydrogen) atoms. The molecule has 0 spiro atoms. The summed E-state index contributed by atoms with van der Waals surface area (Å²) in [5.74, 6) is -1.24. The first-order valence-electron chi connectivity index (χ1n) is 13.9. The third-order valence-electron chi connectivity index (χ3n) is 8.85. The highest BCUT2D eigenvalue weighted by Crippen LogP contribution is 2.64. The number of aliphatic imine (C=N–C) groups is 1. The van der Waals surface area contributed by atoms with Crippen LogP contribution in [0.1, 0.15) is 46.2 Å². The normalized spacial score (nSPS) is 24.3. The minimum atomic E-state index is -0.897. The van der Waals surface area contributed by atoms with Crippen molar-refractivity contribution in [3.63, 3.8) is 0 Å². The van der Waals surface area contributed by atoms with Crippen LogP contribution in [0, 0.1) is 25.7 Å². The number of para-hydroxylation sites is 2. The molecule has 4 aromatic rings. The lowest BCUT2D eigenvalue weighted by Crippen LogP contribution is -2.54. The van der Waals surface area contributed by atoms with E-state index in [1.54, 1.807) is 6.07 Å². The first-order chi connectivity index (χ1) is 19.5. The fourth-order valence-corrected chi connectivity index (χ4v) is 7.33. The van der Waals surface area contributed by atoms with Crippen LogP contribution in [0.2, 0.25) is 0 Å². The molecule has 8 rings (SSSR count). The van der Waals surface area contributed by atoms with Crippen molar-refractivity contribution in [3.05, 3.63) is 124 Å². The van der Waals surface area contributed by atoms with Crippen molar-refractivity contribution in [2.75, 3.05) is 11.5 Å². The fraction of sp³-hybridized carbons (Fsp3) is 0.229. The van der Waals surface area contributed by atoms with Crippen LogP contribution >= 0.6 is 0 Å². The molecule has 0 N–H and O–H groups in total. The van der Waals surface area contributed by atoms with Crippen LogP contribution in [0.4, 0.5) is 11.4 Å². The van der Waals surface area contributed by atoms with Gasteiger partial charge in [0.05, 0.1) is 35.2 Å². The smallest absolute Gasteiger partial charge is 0.239 e. The number of benzene rings is 4. The molecule has 4 aromatic carbocycles. The predicted molar refractivity (Wildman–Crippen MR) is 157 cm³/mol. The average Bonchev–Trinajstić information content (AvgIpc) is 3.24. The third-order valence-corrected chi connectivity index (χ3v) is 8.85. The zero-order valence-corrected chi connectivity index (χ0v) is 22.8. The van der Waals surface area contributed by atoms with Gasteiger partial charge in [-0.1, -0.05) is 78.4 Å². The molecule has 2 atom stereocenters. The van der Waals surface area contributed by atoms with Crippen molar-refractivity contribution in [1.82, 2.24) is 0 Å². The van der Waals surface area contributed by atoms with Crippen molar-refractivity contribution in [2.24, 2.45) is 16.8 Å². The average molecular weight is 527 g/mol. The van der Waals surface area contributed by atoms with Gasteiger partial charge < -0.3 is 4.74 Å². The number of anilines is 1. The second-order valence-electron chi connectivity index (χ2n) is 11.0. The minimum Gasteiger partial charge on any atom is -0.492 e. The lowest BCUT2D eigenvalue weighted by atomic mass is 9.47. The summed E-state index contributed by atoms with van der Waals surface area (Å²) in [7, 11) is 0. The van der Waals surface area contributed by atoms with Crippen molar-refractivity contribution in [3.8, 4) is 5.75 Å². The molecule has 2 amide bonds. The molecular weight excluding hydrogens is 496 g/mol. The summed E-state index contributed by atoms with van der Waals surface area (Å²) in [5.41, 5.74) is 6.99. The molecule has 5 nitrogen and oxygen atoms in total. The molecule has 1 saturated heterocycles. The Bertz CT molecular complexity index is 1670. The molecule has 0 saturated carbocycles. The number of carbonyl (C=O) groups excluding carboxylic acids is 2. The van der Waals surface area contributed by atoms with E-state index in [-0.39, 0.29) is 17.7 Å². The first kappa shape index (κ1) is 24.5. The van der Waals surface area contributed by atoms with E-state index in [4.69, 9.17) is 9.73 Å². The molecule has 4 aliphatic rings. The summed E-state index contributed by atoms with van der Waals surface area (Å²) in [6.07, 6.45) is 1.96. The lowest BCUT2D eigenvalue weighted by Gasteiger charge is -2.52. The number of amides is 2. The summed E-state index contributed by atoms with van der Waals surface area (Å²) >= 11 is 0. The van der Waals surface area contributed by atoms with E-state index in [1.807, 2.05) is 61.7 Å². The fourth-order valence-electron chi connectivity index (χ4n) is 7.33. The molecule has 0 aromatic heterocycles. The van der Waals surface area contributed by atoms with Crippen LogP contribution in [-0.4, -0.2) is 24.6 Å². The highest BCUT2D eigenvalue weighted by atomic mass is 16.5. The molecule has 1 fully saturated rings. The zero-order chi connectivity index (χ0) is 27.6. The predicted octanol–water partition coefficient (Wildman–Crippen LogP) is 6.66. The van der Waals surface area contributed by atoms with Crippen LogP contribution in [0.25, 0.3) is 0 Å². The van der Waals surface area contributed by atoms with Gasteiger partial charge in [-0.05, 0) is 66.8 Å². The Balaban J connectivity index is 1.49. The number of imide groups is 1. The van der Waals surface area contributed by atoms with Crippen LogP contribution in [0.3, 0.4) is 0 Å². The molecule has 5 heteroatoms. The molecule has 0 radical (unpaired) electrons. The van der Waals surface area contributed by atoms with Crippen molar-refractivity contribution in [1.29, 1.82) is 0 Å². The minimum absolute atomic E-state index is 0.180. The topological polar surface area (TPSA) is 59.0 Å². The Hall–Kier alpha value is -4.51. The van der Waals surface area contributed by atoms with Crippen LogP contribution in [-0.2, 0) is 15.0 Å². The highest BCUT2D eigenvalue weighted by Gasteiger charge is 2.68. The molecule has 198 valence electrons. The van der Waals surface area contributed by atoms with E-state index in [9.17, 15) is 9.59 Å². The monoisotopic (exact) mass is 526 g/mol. The largest absolute Gasteiger partial charge is 0.492 e. The Kier molecular flexibility index (Phi) is 5.53. The number of nitrogens with zero attached hydrogens (tertiary/aromatic N) is 2. The van der Waals surface area contributed by atoms with Crippen LogP contribution in [0.5, 0.6) is 5.75 Å². The maximum atomic E-state index is 14.6. The molecule has 1 heterocycles. The van der Waals surface area contributed by atoms with E-state index < -0.39 is 17.3 Å². The summed E-state index contributed by atoms with van der Waals surface area (Å²) < 4.78 is 5.87. The maximum Gasteiger partial charge on any atom is 0.239 e. The summed E-state index contributed by atoms with van der Waals surface area (Å²) in [4.78, 5) is 35.5. The second kappa shape index (κ2) is 9.02. The van der Waals surface area contributed by atoms with Gasteiger partial charge in [-0.15, -0.1) is 0 Å². The zero-order valence-electron chi connectivity index (χ0n) is 22.8. The summed E-state index contributed by atoms with van der Waals surface area (Å²) in [5, 5.41) is 0. The van der Waals surface area contributed by atoms with E-state index in [2.05, 4.69) is 50.2 Å². The number of hydrogen-bond donors (Lipinski definition) is 0. The van der Waals surface area contributed by atoms with Gasteiger partial charge in [0.1, 0.15) is 5.75 Å². The lowest BCUT2D eigenvalue weighted by molar-refractivity contribution is -0.122. The molecule has 3 aliphatic carbocycles. The van der Waals surface area contributed by atoms with Gasteiger partial charge in [0.2, 0.25) is 11.8 Å². The van der Waals surface area contributed by atoms with Gasteiger partial charge in [0, 0.05) is 12.1 Å². The second-order valence-corrected chi connectivity index (χ2v) is 11.0. The molecule has 2 unspecified atom stereocenters. The van der Waals surface area contributed by atoms with Crippen LogP contribution in [0.15, 0.2) is 96.0 Å². The summed E-state index contributed by atoms with van der Waals surface area (Å²) in [6.45, 7) is 6.45. The molecular formula is C35H30N2O3. The highest BCUT2D eigenvalue weighted by molar-refractivity contribution is 6.25. The number of carbonyl (C=O) groups is 2. The third kappa shape index (κ3) is 3.24. The van der Waals surface area contributed by atoms with Gasteiger partial charge in [0.25, 0.3) is 0 Å². The van der Waals surface area contributed by atoms with Gasteiger partial charge in [-0.2, -0.15) is 0 Å². The Morgan fingerprint density at radius 1 is 0.850 bits per heavy atom. The first-order valence-corrected chi connectivity index (χ1v) is 13.9. The number of hydrogen-bond acceptors (Lipinski definition) is 4. The van der Waals surface area contributed by atoms with E-state index >= 15 is 0 Å². The van der Waals surface area contributed by atoms with Gasteiger partial charge >= 0.3 is 0 Å². The quantitative estimate of drug-likeness (QED) is 0.216. The molecule has 1 aliphatic heterocycles. The van der Waals surface area contributed by atoms with Gasteiger partial charge in [-0.25, -0.2) is 4.90 Å². The van der Waals surface area contributed by atoms with Crippen molar-refractivity contribution < 1.29 is 14.3 Å². The Morgan fingerprint density at radius 2 is 1.50 bits per heavy atom. The van der Waals surface area contributed by atoms with Crippen molar-refractivity contribution in [2.45, 2.75) is 32.1 Å². The number of ether oxygens (including phenoxy) is 1. The molecule has 2 bridgehead atoms. The van der Waals surface area contributed by atoms with E-state index in [0.717, 1.165) is 33.5 Å². The summed E-state index contributed by atoms with van der Waals surface area (Å²) in [6, 6.07) is 30.0. The van der Waals surface area contributed by atoms with Crippen molar-refractivity contribution >= 4 is 29.4 Å².